The van der Waals surface area contributed by atoms with E-state index in [1.807, 2.05) is 30.3 Å². The van der Waals surface area contributed by atoms with E-state index in [1.54, 1.807) is 18.2 Å². The van der Waals surface area contributed by atoms with Crippen LogP contribution in [0.25, 0.3) is 6.08 Å². The van der Waals surface area contributed by atoms with Crippen molar-refractivity contribution in [3.8, 4) is 0 Å². The molecule has 0 aliphatic rings. The van der Waals surface area contributed by atoms with Crippen LogP contribution in [0.15, 0.2) is 60.7 Å². The van der Waals surface area contributed by atoms with Gasteiger partial charge in [0, 0.05) is 18.7 Å². The summed E-state index contributed by atoms with van der Waals surface area (Å²) in [4.78, 5) is 22.6. The van der Waals surface area contributed by atoms with Gasteiger partial charge in [0.1, 0.15) is 0 Å². The van der Waals surface area contributed by atoms with Crippen molar-refractivity contribution in [3.05, 3.63) is 81.9 Å². The smallest absolute Gasteiger partial charge is 0.276 e. The van der Waals surface area contributed by atoms with Gasteiger partial charge >= 0.3 is 0 Å². The van der Waals surface area contributed by atoms with Crippen molar-refractivity contribution in [3.63, 3.8) is 0 Å². The van der Waals surface area contributed by atoms with Crippen LogP contribution in [0.4, 0.5) is 5.69 Å². The number of amides is 1. The lowest BCUT2D eigenvalue weighted by Crippen LogP contribution is -2.27. The molecule has 2 aromatic carbocycles. The third-order valence-corrected chi connectivity index (χ3v) is 3.48. The Labute approximate surface area is 139 Å². The van der Waals surface area contributed by atoms with Gasteiger partial charge in [0.25, 0.3) is 5.69 Å². The average molecular weight is 326 g/mol. The summed E-state index contributed by atoms with van der Waals surface area (Å²) < 4.78 is 0. The lowest BCUT2D eigenvalue weighted by atomic mass is 10.0. The molecule has 0 aromatic heterocycles. The molecule has 0 aliphatic heterocycles. The Bertz CT molecular complexity index is 729. The summed E-state index contributed by atoms with van der Waals surface area (Å²) in [5.41, 5.74) is 1.19. The molecule has 0 fully saturated rings. The maximum Gasteiger partial charge on any atom is 0.276 e. The number of hydrogen-bond donors (Lipinski definition) is 2. The Morgan fingerprint density at radius 3 is 2.50 bits per heavy atom. The fraction of sp³-hybridized carbons (Fsp3) is 0.167. The Morgan fingerprint density at radius 1 is 1.17 bits per heavy atom. The SMILES string of the molecule is O=C(/C=C/c1ccccc1[N+](=O)[O-])NC(CCO)c1ccccc1. The number of hydrogen-bond acceptors (Lipinski definition) is 4. The number of benzene rings is 2. The molecule has 0 saturated carbocycles. The number of para-hydroxylation sites is 1. The van der Waals surface area contributed by atoms with E-state index in [4.69, 9.17) is 0 Å². The second-order valence-corrected chi connectivity index (χ2v) is 5.13. The fourth-order valence-electron chi connectivity index (χ4n) is 2.32. The van der Waals surface area contributed by atoms with Crippen molar-refractivity contribution in [2.24, 2.45) is 0 Å². The van der Waals surface area contributed by atoms with Crippen LogP contribution >= 0.6 is 0 Å². The molecule has 1 amide bonds. The Kier molecular flexibility index (Phi) is 6.22. The maximum atomic E-state index is 12.1. The minimum Gasteiger partial charge on any atom is -0.396 e. The topological polar surface area (TPSA) is 92.5 Å². The van der Waals surface area contributed by atoms with Crippen molar-refractivity contribution in [1.82, 2.24) is 5.32 Å². The number of nitro groups is 1. The van der Waals surface area contributed by atoms with E-state index in [0.29, 0.717) is 12.0 Å². The predicted octanol–water partition coefficient (Wildman–Crippen LogP) is 2.85. The normalized spacial score (nSPS) is 12.0. The molecule has 124 valence electrons. The fourth-order valence-corrected chi connectivity index (χ4v) is 2.32. The molecule has 24 heavy (non-hydrogen) atoms. The molecule has 6 nitrogen and oxygen atoms in total. The van der Waals surface area contributed by atoms with E-state index in [-0.39, 0.29) is 24.2 Å². The lowest BCUT2D eigenvalue weighted by Gasteiger charge is -2.17. The molecule has 0 saturated heterocycles. The Hall–Kier alpha value is -2.99. The molecule has 2 N–H and O–H groups in total. The molecule has 1 atom stereocenters. The first-order valence-corrected chi connectivity index (χ1v) is 7.49. The summed E-state index contributed by atoms with van der Waals surface area (Å²) in [6.07, 6.45) is 3.05. The van der Waals surface area contributed by atoms with E-state index < -0.39 is 4.92 Å². The van der Waals surface area contributed by atoms with Crippen LogP contribution in [0.5, 0.6) is 0 Å². The summed E-state index contributed by atoms with van der Waals surface area (Å²) in [5, 5.41) is 22.9. The van der Waals surface area contributed by atoms with Gasteiger partial charge in [-0.1, -0.05) is 42.5 Å². The monoisotopic (exact) mass is 326 g/mol. The number of nitrogens with zero attached hydrogens (tertiary/aromatic N) is 1. The highest BCUT2D eigenvalue weighted by molar-refractivity contribution is 5.92. The Balaban J connectivity index is 2.10. The first kappa shape index (κ1) is 17.4. The molecule has 2 aromatic rings. The summed E-state index contributed by atoms with van der Waals surface area (Å²) in [5.74, 6) is -0.379. The molecule has 6 heteroatoms. The van der Waals surface area contributed by atoms with Gasteiger partial charge in [-0.2, -0.15) is 0 Å². The second kappa shape index (κ2) is 8.59. The third kappa shape index (κ3) is 4.76. The third-order valence-electron chi connectivity index (χ3n) is 3.48. The van der Waals surface area contributed by atoms with Crippen LogP contribution in [0.3, 0.4) is 0 Å². The molecule has 2 rings (SSSR count). The zero-order valence-corrected chi connectivity index (χ0v) is 13.0. The molecular formula is C18H18N2O4. The highest BCUT2D eigenvalue weighted by Crippen LogP contribution is 2.19. The minimum absolute atomic E-state index is 0.0588. The minimum atomic E-state index is -0.490. The molecular weight excluding hydrogens is 308 g/mol. The van der Waals surface area contributed by atoms with E-state index in [1.165, 1.54) is 18.2 Å². The van der Waals surface area contributed by atoms with Crippen molar-refractivity contribution in [2.45, 2.75) is 12.5 Å². The van der Waals surface area contributed by atoms with Gasteiger partial charge in [-0.3, -0.25) is 14.9 Å². The summed E-state index contributed by atoms with van der Waals surface area (Å²) in [6.45, 7) is -0.0618. The van der Waals surface area contributed by atoms with Crippen LogP contribution in [0.2, 0.25) is 0 Å². The first-order chi connectivity index (χ1) is 11.6. The van der Waals surface area contributed by atoms with Gasteiger partial charge in [0.05, 0.1) is 16.5 Å². The van der Waals surface area contributed by atoms with Gasteiger partial charge in [0.15, 0.2) is 0 Å². The van der Waals surface area contributed by atoms with Gasteiger partial charge in [-0.05, 0) is 24.1 Å². The summed E-state index contributed by atoms with van der Waals surface area (Å²) in [6, 6.07) is 15.2. The zero-order valence-electron chi connectivity index (χ0n) is 13.0. The first-order valence-electron chi connectivity index (χ1n) is 7.49. The highest BCUT2D eigenvalue weighted by atomic mass is 16.6. The van der Waals surface area contributed by atoms with E-state index >= 15 is 0 Å². The number of aliphatic hydroxyl groups excluding tert-OH is 1. The van der Waals surface area contributed by atoms with E-state index in [9.17, 15) is 20.0 Å². The van der Waals surface area contributed by atoms with Gasteiger partial charge in [-0.15, -0.1) is 0 Å². The molecule has 1 unspecified atom stereocenters. The number of carbonyl (C=O) groups is 1. The molecule has 0 aliphatic carbocycles. The van der Waals surface area contributed by atoms with E-state index in [2.05, 4.69) is 5.32 Å². The predicted molar refractivity (Wildman–Crippen MR) is 91.2 cm³/mol. The molecule has 0 bridgehead atoms. The largest absolute Gasteiger partial charge is 0.396 e. The van der Waals surface area contributed by atoms with E-state index in [0.717, 1.165) is 5.56 Å². The van der Waals surface area contributed by atoms with Crippen LogP contribution in [-0.4, -0.2) is 22.5 Å². The summed E-state index contributed by atoms with van der Waals surface area (Å²) in [7, 11) is 0. The average Bonchev–Trinajstić information content (AvgIpc) is 2.60. The van der Waals surface area contributed by atoms with Crippen molar-refractivity contribution in [2.75, 3.05) is 6.61 Å². The van der Waals surface area contributed by atoms with Gasteiger partial charge in [-0.25, -0.2) is 0 Å². The number of nitrogens with one attached hydrogen (secondary N) is 1. The maximum absolute atomic E-state index is 12.1. The summed E-state index contributed by atoms with van der Waals surface area (Å²) >= 11 is 0. The van der Waals surface area contributed by atoms with Crippen LogP contribution in [0, 0.1) is 10.1 Å². The molecule has 0 heterocycles. The van der Waals surface area contributed by atoms with Crippen molar-refractivity contribution >= 4 is 17.7 Å². The number of nitro benzene ring substituents is 1. The number of carbonyl (C=O) groups excluding carboxylic acids is 1. The van der Waals surface area contributed by atoms with Gasteiger partial charge in [0.2, 0.25) is 5.91 Å². The molecule has 0 radical (unpaired) electrons. The van der Waals surface area contributed by atoms with Crippen molar-refractivity contribution < 1.29 is 14.8 Å². The molecule has 0 spiro atoms. The number of aliphatic hydroxyl groups is 1. The zero-order chi connectivity index (χ0) is 17.4. The van der Waals surface area contributed by atoms with Crippen LogP contribution in [-0.2, 0) is 4.79 Å². The van der Waals surface area contributed by atoms with Gasteiger partial charge < -0.3 is 10.4 Å². The van der Waals surface area contributed by atoms with Crippen molar-refractivity contribution in [1.29, 1.82) is 0 Å². The standard InChI is InChI=1S/C18H18N2O4/c21-13-12-16(14-6-2-1-3-7-14)19-18(22)11-10-15-8-4-5-9-17(15)20(23)24/h1-11,16,21H,12-13H2,(H,19,22)/b11-10+. The number of rotatable bonds is 7. The van der Waals surface area contributed by atoms with Crippen LogP contribution < -0.4 is 5.32 Å². The van der Waals surface area contributed by atoms with Crippen LogP contribution in [0.1, 0.15) is 23.6 Å². The quantitative estimate of drug-likeness (QED) is 0.465. The second-order valence-electron chi connectivity index (χ2n) is 5.13. The Morgan fingerprint density at radius 2 is 1.83 bits per heavy atom. The highest BCUT2D eigenvalue weighted by Gasteiger charge is 2.13. The lowest BCUT2D eigenvalue weighted by molar-refractivity contribution is -0.385.